The van der Waals surface area contributed by atoms with Crippen LogP contribution in [0.15, 0.2) is 83.9 Å². The van der Waals surface area contributed by atoms with Crippen LogP contribution in [0.3, 0.4) is 0 Å². The zero-order valence-electron chi connectivity index (χ0n) is 18.8. The van der Waals surface area contributed by atoms with Gasteiger partial charge in [-0.1, -0.05) is 30.3 Å². The highest BCUT2D eigenvalue weighted by Crippen LogP contribution is 2.21. The second-order valence-corrected chi connectivity index (χ2v) is 7.57. The van der Waals surface area contributed by atoms with Crippen LogP contribution < -0.4 is 14.8 Å². The Morgan fingerprint density at radius 3 is 2.12 bits per heavy atom. The van der Waals surface area contributed by atoms with Gasteiger partial charge in [-0.25, -0.2) is 4.99 Å². The van der Waals surface area contributed by atoms with Crippen LogP contribution in [-0.2, 0) is 0 Å². The van der Waals surface area contributed by atoms with E-state index in [9.17, 15) is 0 Å². The van der Waals surface area contributed by atoms with Crippen LogP contribution in [0.2, 0.25) is 0 Å². The summed E-state index contributed by atoms with van der Waals surface area (Å²) in [5, 5.41) is 3.43. The third kappa shape index (κ3) is 8.18. The van der Waals surface area contributed by atoms with Gasteiger partial charge in [-0.05, 0) is 74.5 Å². The molecule has 4 rings (SSSR count). The van der Waals surface area contributed by atoms with E-state index in [0.717, 1.165) is 47.4 Å². The van der Waals surface area contributed by atoms with E-state index in [2.05, 4.69) is 10.2 Å². The maximum Gasteiger partial charge on any atom is 0.138 e. The summed E-state index contributed by atoms with van der Waals surface area (Å²) >= 11 is 0. The molecule has 1 aliphatic heterocycles. The fraction of sp³-hybridized carbons (Fsp3) is 0.269. The molecule has 3 aromatic carbocycles. The number of likely N-dealkylation sites (tertiary alicyclic amines) is 1. The summed E-state index contributed by atoms with van der Waals surface area (Å²) in [6, 6.07) is 25.9. The van der Waals surface area contributed by atoms with Crippen molar-refractivity contribution in [2.45, 2.75) is 12.8 Å². The van der Waals surface area contributed by atoms with Gasteiger partial charge in [-0.3, -0.25) is 4.90 Å². The van der Waals surface area contributed by atoms with Crippen molar-refractivity contribution in [1.82, 2.24) is 4.90 Å². The first-order valence-corrected chi connectivity index (χ1v) is 10.8. The van der Waals surface area contributed by atoms with Gasteiger partial charge >= 0.3 is 0 Å². The van der Waals surface area contributed by atoms with Crippen molar-refractivity contribution in [2.24, 2.45) is 4.99 Å². The maximum absolute atomic E-state index is 5.91. The number of anilines is 1. The van der Waals surface area contributed by atoms with Crippen LogP contribution in [0, 0.1) is 0 Å². The maximum atomic E-state index is 5.91. The smallest absolute Gasteiger partial charge is 0.138 e. The number of hydrogen-bond donors (Lipinski definition) is 1. The topological polar surface area (TPSA) is 46.1 Å². The number of amidine groups is 1. The average Bonchev–Trinajstić information content (AvgIpc) is 3.34. The van der Waals surface area contributed by atoms with Crippen molar-refractivity contribution in [1.29, 1.82) is 0 Å². The van der Waals surface area contributed by atoms with Gasteiger partial charge in [0.25, 0.3) is 0 Å². The van der Waals surface area contributed by atoms with Gasteiger partial charge in [-0.2, -0.15) is 0 Å². The fourth-order valence-electron chi connectivity index (χ4n) is 3.62. The second-order valence-electron chi connectivity index (χ2n) is 7.57. The van der Waals surface area contributed by atoms with Gasteiger partial charge in [-0.15, -0.1) is 34.0 Å². The molecule has 0 radical (unpaired) electrons. The molecule has 176 valence electrons. The fourth-order valence-corrected chi connectivity index (χ4v) is 3.62. The lowest BCUT2D eigenvalue weighted by Gasteiger charge is -2.15. The molecule has 0 saturated carbocycles. The molecule has 1 N–H and O–H groups in total. The molecular formula is C26H31Br2N3O2. The van der Waals surface area contributed by atoms with Crippen LogP contribution in [0.5, 0.6) is 11.5 Å². The van der Waals surface area contributed by atoms with Gasteiger partial charge in [0.05, 0.1) is 12.8 Å². The van der Waals surface area contributed by atoms with Crippen LogP contribution in [0.25, 0.3) is 0 Å². The molecule has 0 atom stereocenters. The number of aliphatic imine (C=N–C) groups is 1. The molecule has 1 fully saturated rings. The molecule has 0 spiro atoms. The lowest BCUT2D eigenvalue weighted by atomic mass is 10.2. The van der Waals surface area contributed by atoms with Crippen LogP contribution in [-0.4, -0.2) is 44.1 Å². The number of nitrogens with one attached hydrogen (secondary N) is 1. The first-order chi connectivity index (χ1) is 15.3. The number of benzene rings is 3. The number of ether oxygens (including phenoxy) is 2. The Balaban J connectivity index is 0.00000193. The second kappa shape index (κ2) is 14.0. The highest BCUT2D eigenvalue weighted by atomic mass is 79.9. The standard InChI is InChI=1S/C26H29N3O2.2BrH/c1-30-24-13-9-22(10-14-24)27-26(21-7-3-2-4-8-21)28-23-11-15-25(16-12-23)31-20-19-29-17-5-6-18-29;;/h2-4,7-16H,5-6,17-20H2,1H3,(H,27,28);2*1H. The molecular weight excluding hydrogens is 546 g/mol. The average molecular weight is 577 g/mol. The molecule has 1 heterocycles. The van der Waals surface area contributed by atoms with Crippen molar-refractivity contribution < 1.29 is 9.47 Å². The van der Waals surface area contributed by atoms with E-state index in [-0.39, 0.29) is 34.0 Å². The Kier molecular flexibility index (Phi) is 11.4. The largest absolute Gasteiger partial charge is 0.497 e. The summed E-state index contributed by atoms with van der Waals surface area (Å²) in [6.07, 6.45) is 2.61. The summed E-state index contributed by atoms with van der Waals surface area (Å²) in [5.41, 5.74) is 2.83. The van der Waals surface area contributed by atoms with Gasteiger partial charge in [0.1, 0.15) is 23.9 Å². The molecule has 0 amide bonds. The molecule has 5 nitrogen and oxygen atoms in total. The summed E-state index contributed by atoms with van der Waals surface area (Å²) in [6.45, 7) is 4.10. The first kappa shape index (κ1) is 26.9. The number of hydrogen-bond acceptors (Lipinski definition) is 4. The van der Waals surface area contributed by atoms with Gasteiger partial charge in [0, 0.05) is 17.8 Å². The summed E-state index contributed by atoms with van der Waals surface area (Å²) < 4.78 is 11.2. The molecule has 3 aromatic rings. The molecule has 0 aromatic heterocycles. The van der Waals surface area contributed by atoms with E-state index in [0.29, 0.717) is 0 Å². The SMILES string of the molecule is Br.Br.COc1ccc(NC(=Nc2ccc(OCCN3CCCC3)cc2)c2ccccc2)cc1. The van der Waals surface area contributed by atoms with E-state index in [1.807, 2.05) is 78.9 Å². The van der Waals surface area contributed by atoms with Gasteiger partial charge in [0.2, 0.25) is 0 Å². The van der Waals surface area contributed by atoms with Crippen LogP contribution in [0.4, 0.5) is 11.4 Å². The summed E-state index contributed by atoms with van der Waals surface area (Å²) in [7, 11) is 1.67. The predicted octanol–water partition coefficient (Wildman–Crippen LogP) is 6.52. The number of halogens is 2. The number of methoxy groups -OCH3 is 1. The molecule has 0 aliphatic carbocycles. The van der Waals surface area contributed by atoms with Gasteiger partial charge in [0.15, 0.2) is 0 Å². The summed E-state index contributed by atoms with van der Waals surface area (Å²) in [5.74, 6) is 2.49. The van der Waals surface area contributed by atoms with E-state index < -0.39 is 0 Å². The Morgan fingerprint density at radius 2 is 1.48 bits per heavy atom. The quantitative estimate of drug-likeness (QED) is 0.245. The third-order valence-corrected chi connectivity index (χ3v) is 5.35. The van der Waals surface area contributed by atoms with Crippen molar-refractivity contribution in [3.8, 4) is 11.5 Å². The Bertz CT molecular complexity index is 975. The molecule has 7 heteroatoms. The lowest BCUT2D eigenvalue weighted by Crippen LogP contribution is -2.25. The van der Waals surface area contributed by atoms with E-state index in [1.165, 1.54) is 25.9 Å². The van der Waals surface area contributed by atoms with Crippen molar-refractivity contribution >= 4 is 51.2 Å². The van der Waals surface area contributed by atoms with E-state index in [1.54, 1.807) is 7.11 Å². The van der Waals surface area contributed by atoms with Crippen LogP contribution >= 0.6 is 34.0 Å². The third-order valence-electron chi connectivity index (χ3n) is 5.35. The van der Waals surface area contributed by atoms with Crippen molar-refractivity contribution in [3.05, 3.63) is 84.4 Å². The number of nitrogens with zero attached hydrogens (tertiary/aromatic N) is 2. The van der Waals surface area contributed by atoms with Crippen molar-refractivity contribution in [2.75, 3.05) is 38.7 Å². The monoisotopic (exact) mass is 575 g/mol. The minimum atomic E-state index is 0. The van der Waals surface area contributed by atoms with E-state index >= 15 is 0 Å². The molecule has 0 bridgehead atoms. The highest BCUT2D eigenvalue weighted by Gasteiger charge is 2.11. The highest BCUT2D eigenvalue weighted by molar-refractivity contribution is 8.93. The van der Waals surface area contributed by atoms with Gasteiger partial charge < -0.3 is 14.8 Å². The van der Waals surface area contributed by atoms with Crippen LogP contribution in [0.1, 0.15) is 18.4 Å². The Labute approximate surface area is 217 Å². The van der Waals surface area contributed by atoms with Crippen molar-refractivity contribution in [3.63, 3.8) is 0 Å². The lowest BCUT2D eigenvalue weighted by molar-refractivity contribution is 0.238. The summed E-state index contributed by atoms with van der Waals surface area (Å²) in [4.78, 5) is 7.32. The Hall–Kier alpha value is -2.35. The number of rotatable bonds is 8. The Morgan fingerprint density at radius 1 is 0.848 bits per heavy atom. The predicted molar refractivity (Wildman–Crippen MR) is 148 cm³/mol. The van der Waals surface area contributed by atoms with E-state index in [4.69, 9.17) is 14.5 Å². The minimum Gasteiger partial charge on any atom is -0.497 e. The first-order valence-electron chi connectivity index (χ1n) is 10.8. The molecule has 0 unspecified atom stereocenters. The molecule has 1 saturated heterocycles. The normalized spacial score (nSPS) is 13.5. The molecule has 1 aliphatic rings. The zero-order chi connectivity index (χ0) is 21.3. The minimum absolute atomic E-state index is 0. The molecule has 33 heavy (non-hydrogen) atoms. The zero-order valence-corrected chi connectivity index (χ0v) is 22.2.